The highest BCUT2D eigenvalue weighted by atomic mass is 32.1. The molecule has 12 heteroatoms. The van der Waals surface area contributed by atoms with Gasteiger partial charge in [0.25, 0.3) is 0 Å². The molecule has 1 aromatic carbocycles. The first kappa shape index (κ1) is 28.9. The van der Waals surface area contributed by atoms with E-state index in [1.807, 2.05) is 13.8 Å². The number of nitrogens with two attached hydrogens (primary N) is 2. The molecule has 11 nitrogen and oxygen atoms in total. The van der Waals surface area contributed by atoms with Gasteiger partial charge in [0.1, 0.15) is 18.1 Å². The fourth-order valence-corrected chi connectivity index (χ4v) is 3.24. The number of carbonyl (C=O) groups excluding carboxylic acids is 4. The fourth-order valence-electron chi connectivity index (χ4n) is 3.07. The van der Waals surface area contributed by atoms with Crippen LogP contribution in [0.1, 0.15) is 32.3 Å². The van der Waals surface area contributed by atoms with Crippen molar-refractivity contribution in [2.75, 3.05) is 5.75 Å². The Labute approximate surface area is 203 Å². The number of carbonyl (C=O) groups is 5. The number of carboxylic acid groups (broad SMARTS) is 1. The summed E-state index contributed by atoms with van der Waals surface area (Å²) >= 11 is 3.96. The van der Waals surface area contributed by atoms with Crippen molar-refractivity contribution < 1.29 is 29.1 Å². The Morgan fingerprint density at radius 2 is 1.44 bits per heavy atom. The molecule has 0 saturated carbocycles. The Kier molecular flexibility index (Phi) is 12.1. The van der Waals surface area contributed by atoms with Crippen molar-refractivity contribution in [3.8, 4) is 0 Å². The summed E-state index contributed by atoms with van der Waals surface area (Å²) in [6, 6.07) is 3.93. The molecule has 188 valence electrons. The summed E-state index contributed by atoms with van der Waals surface area (Å²) in [4.78, 5) is 61.1. The van der Waals surface area contributed by atoms with Gasteiger partial charge in [-0.2, -0.15) is 12.6 Å². The monoisotopic (exact) mass is 495 g/mol. The molecule has 1 aromatic rings. The molecule has 0 aliphatic heterocycles. The lowest BCUT2D eigenvalue weighted by Gasteiger charge is -2.25. The van der Waals surface area contributed by atoms with E-state index in [0.717, 1.165) is 0 Å². The minimum atomic E-state index is -1.44. The molecule has 0 aliphatic rings. The molecule has 0 bridgehead atoms. The van der Waals surface area contributed by atoms with Gasteiger partial charge in [0.2, 0.25) is 23.6 Å². The third-order valence-corrected chi connectivity index (χ3v) is 5.20. The fraction of sp³-hybridized carbons (Fsp3) is 0.500. The lowest BCUT2D eigenvalue weighted by atomic mass is 10.0. The molecule has 4 unspecified atom stereocenters. The summed E-state index contributed by atoms with van der Waals surface area (Å²) in [5.74, 6) is -4.33. The van der Waals surface area contributed by atoms with E-state index in [1.54, 1.807) is 30.3 Å². The van der Waals surface area contributed by atoms with Crippen LogP contribution in [0.3, 0.4) is 0 Å². The molecule has 8 N–H and O–H groups in total. The van der Waals surface area contributed by atoms with E-state index in [4.69, 9.17) is 11.5 Å². The number of primary amides is 1. The Morgan fingerprint density at radius 3 is 1.94 bits per heavy atom. The third-order valence-electron chi connectivity index (χ3n) is 4.81. The maximum atomic E-state index is 12.9. The van der Waals surface area contributed by atoms with Crippen LogP contribution in [0.4, 0.5) is 0 Å². The zero-order chi connectivity index (χ0) is 25.8. The third kappa shape index (κ3) is 10.2. The molecule has 0 aromatic heterocycles. The van der Waals surface area contributed by atoms with Crippen molar-refractivity contribution in [2.45, 2.75) is 57.3 Å². The average molecular weight is 496 g/mol. The summed E-state index contributed by atoms with van der Waals surface area (Å²) in [5.41, 5.74) is 11.6. The zero-order valence-electron chi connectivity index (χ0n) is 19.2. The molecular formula is C22H33N5O6S. The normalized spacial score (nSPS) is 14.4. The molecule has 0 radical (unpaired) electrons. The second-order valence-corrected chi connectivity index (χ2v) is 8.67. The van der Waals surface area contributed by atoms with Gasteiger partial charge in [0.05, 0.1) is 12.5 Å². The average Bonchev–Trinajstić information content (AvgIpc) is 2.76. The summed E-state index contributed by atoms with van der Waals surface area (Å²) in [6.07, 6.45) is -0.339. The van der Waals surface area contributed by atoms with Crippen molar-refractivity contribution in [1.82, 2.24) is 16.0 Å². The maximum Gasteiger partial charge on any atom is 0.326 e. The van der Waals surface area contributed by atoms with Crippen LogP contribution >= 0.6 is 12.6 Å². The summed E-state index contributed by atoms with van der Waals surface area (Å²) in [6.45, 7) is 3.67. The van der Waals surface area contributed by atoms with Gasteiger partial charge in [-0.25, -0.2) is 4.79 Å². The van der Waals surface area contributed by atoms with Gasteiger partial charge in [-0.1, -0.05) is 44.2 Å². The molecule has 1 rings (SSSR count). The first-order valence-electron chi connectivity index (χ1n) is 10.8. The number of benzene rings is 1. The lowest BCUT2D eigenvalue weighted by molar-refractivity contribution is -0.142. The molecule has 0 spiro atoms. The first-order valence-corrected chi connectivity index (χ1v) is 11.4. The van der Waals surface area contributed by atoms with Crippen molar-refractivity contribution in [2.24, 2.45) is 17.4 Å². The van der Waals surface area contributed by atoms with Crippen LogP contribution in [0.15, 0.2) is 30.3 Å². The zero-order valence-corrected chi connectivity index (χ0v) is 20.1. The molecule has 4 amide bonds. The number of rotatable bonds is 14. The van der Waals surface area contributed by atoms with Crippen LogP contribution in [0, 0.1) is 5.92 Å². The van der Waals surface area contributed by atoms with Crippen molar-refractivity contribution >= 4 is 42.2 Å². The van der Waals surface area contributed by atoms with Crippen LogP contribution in [0.2, 0.25) is 0 Å². The summed E-state index contributed by atoms with van der Waals surface area (Å²) in [5, 5.41) is 16.8. The Morgan fingerprint density at radius 1 is 0.912 bits per heavy atom. The van der Waals surface area contributed by atoms with E-state index in [0.29, 0.717) is 5.56 Å². The van der Waals surface area contributed by atoms with Crippen molar-refractivity contribution in [1.29, 1.82) is 0 Å². The van der Waals surface area contributed by atoms with Crippen LogP contribution < -0.4 is 27.4 Å². The largest absolute Gasteiger partial charge is 0.480 e. The van der Waals surface area contributed by atoms with Gasteiger partial charge >= 0.3 is 5.97 Å². The molecule has 0 heterocycles. The minimum absolute atomic E-state index is 0.00560. The van der Waals surface area contributed by atoms with Gasteiger partial charge in [-0.3, -0.25) is 19.2 Å². The van der Waals surface area contributed by atoms with Crippen molar-refractivity contribution in [3.05, 3.63) is 35.9 Å². The second-order valence-electron chi connectivity index (χ2n) is 8.30. The number of thiol groups is 1. The van der Waals surface area contributed by atoms with Gasteiger partial charge in [-0.15, -0.1) is 0 Å². The highest BCUT2D eigenvalue weighted by molar-refractivity contribution is 7.80. The Balaban J connectivity index is 3.00. The predicted octanol–water partition coefficient (Wildman–Crippen LogP) is -1.05. The summed E-state index contributed by atoms with van der Waals surface area (Å²) in [7, 11) is 0. The molecular weight excluding hydrogens is 462 g/mol. The SMILES string of the molecule is CC(C)CC(NC(=O)C(N)CS)C(=O)NC(CC(N)=O)C(=O)NC(Cc1ccccc1)C(=O)O. The number of nitrogens with one attached hydrogen (secondary N) is 3. The maximum absolute atomic E-state index is 12.9. The van der Waals surface area contributed by atoms with E-state index in [9.17, 15) is 29.1 Å². The summed E-state index contributed by atoms with van der Waals surface area (Å²) < 4.78 is 0. The smallest absolute Gasteiger partial charge is 0.326 e. The van der Waals surface area contributed by atoms with E-state index in [1.165, 1.54) is 0 Å². The van der Waals surface area contributed by atoms with E-state index < -0.39 is 60.2 Å². The van der Waals surface area contributed by atoms with Gasteiger partial charge in [-0.05, 0) is 17.9 Å². The predicted molar refractivity (Wildman–Crippen MR) is 129 cm³/mol. The number of amides is 4. The van der Waals surface area contributed by atoms with E-state index >= 15 is 0 Å². The second kappa shape index (κ2) is 14.2. The minimum Gasteiger partial charge on any atom is -0.480 e. The topological polar surface area (TPSA) is 194 Å². The number of carboxylic acids is 1. The quantitative estimate of drug-likeness (QED) is 0.160. The highest BCUT2D eigenvalue weighted by Gasteiger charge is 2.31. The van der Waals surface area contributed by atoms with E-state index in [-0.39, 0.29) is 24.5 Å². The number of hydrogen-bond donors (Lipinski definition) is 7. The molecule has 0 fully saturated rings. The van der Waals surface area contributed by atoms with Crippen LogP contribution in [-0.4, -0.2) is 64.6 Å². The Hall–Kier alpha value is -3.12. The van der Waals surface area contributed by atoms with Crippen LogP contribution in [0.25, 0.3) is 0 Å². The lowest BCUT2D eigenvalue weighted by Crippen LogP contribution is -2.58. The van der Waals surface area contributed by atoms with Gasteiger partial charge < -0.3 is 32.5 Å². The molecule has 4 atom stereocenters. The van der Waals surface area contributed by atoms with E-state index in [2.05, 4.69) is 28.6 Å². The van der Waals surface area contributed by atoms with Crippen LogP contribution in [-0.2, 0) is 30.4 Å². The molecule has 0 aliphatic carbocycles. The van der Waals surface area contributed by atoms with Gasteiger partial charge in [0, 0.05) is 12.2 Å². The van der Waals surface area contributed by atoms with Crippen molar-refractivity contribution in [3.63, 3.8) is 0 Å². The number of hydrogen-bond acceptors (Lipinski definition) is 7. The standard InChI is InChI=1S/C22H33N5O6S/c1-12(2)8-15(25-19(29)14(23)11-34)20(30)26-16(10-18(24)28)21(31)27-17(22(32)33)9-13-6-4-3-5-7-13/h3-7,12,14-17,34H,8-11,23H2,1-2H3,(H2,24,28)(H,25,29)(H,26,30)(H,27,31)(H,32,33). The highest BCUT2D eigenvalue weighted by Crippen LogP contribution is 2.08. The van der Waals surface area contributed by atoms with Crippen LogP contribution in [0.5, 0.6) is 0 Å². The Bertz CT molecular complexity index is 867. The number of aliphatic carboxylic acids is 1. The molecule has 34 heavy (non-hydrogen) atoms. The molecule has 0 saturated heterocycles. The first-order chi connectivity index (χ1) is 15.9. The van der Waals surface area contributed by atoms with Gasteiger partial charge in [0.15, 0.2) is 0 Å².